The van der Waals surface area contributed by atoms with Crippen LogP contribution in [0.25, 0.3) is 0 Å². The first-order valence-corrected chi connectivity index (χ1v) is 8.76. The van der Waals surface area contributed by atoms with Crippen molar-refractivity contribution in [1.29, 1.82) is 0 Å². The minimum atomic E-state index is 0.446. The molecule has 2 heterocycles. The first kappa shape index (κ1) is 18.3. The van der Waals surface area contributed by atoms with Crippen molar-refractivity contribution in [2.75, 3.05) is 19.6 Å². The van der Waals surface area contributed by atoms with Crippen LogP contribution in [0, 0.1) is 5.92 Å². The van der Waals surface area contributed by atoms with E-state index in [1.165, 1.54) is 28.0 Å². The van der Waals surface area contributed by atoms with Gasteiger partial charge in [0, 0.05) is 37.4 Å². The number of rotatable bonds is 6. The Morgan fingerprint density at radius 2 is 2.21 bits per heavy atom. The van der Waals surface area contributed by atoms with Gasteiger partial charge in [-0.15, -0.1) is 0 Å². The first-order chi connectivity index (χ1) is 11.6. The van der Waals surface area contributed by atoms with Crippen LogP contribution in [0.1, 0.15) is 27.2 Å². The highest BCUT2D eigenvalue weighted by Crippen LogP contribution is 2.33. The lowest BCUT2D eigenvalue weighted by Gasteiger charge is -2.28. The quantitative estimate of drug-likeness (QED) is 0.700. The third-order valence-electron chi connectivity index (χ3n) is 4.83. The Hall–Kier alpha value is -2.06. The second kappa shape index (κ2) is 8.70. The second-order valence-electron chi connectivity index (χ2n) is 6.49. The molecule has 2 aliphatic rings. The third kappa shape index (κ3) is 4.48. The van der Waals surface area contributed by atoms with E-state index in [0.717, 1.165) is 26.1 Å². The average molecular weight is 322 g/mol. The van der Waals surface area contributed by atoms with E-state index in [1.54, 1.807) is 0 Å². The highest BCUT2D eigenvalue weighted by atomic mass is 15.1. The monoisotopic (exact) mass is 322 g/mol. The molecule has 2 rings (SSSR count). The molecule has 0 radical (unpaired) electrons. The number of hydrogen-bond acceptors (Lipinski definition) is 2. The predicted molar refractivity (Wildman–Crippen MR) is 106 cm³/mol. The van der Waals surface area contributed by atoms with Gasteiger partial charge in [0.05, 0.1) is 0 Å². The summed E-state index contributed by atoms with van der Waals surface area (Å²) in [4.78, 5) is 2.45. The van der Waals surface area contributed by atoms with Crippen molar-refractivity contribution in [3.8, 4) is 0 Å². The summed E-state index contributed by atoms with van der Waals surface area (Å²) >= 11 is 0. The zero-order chi connectivity index (χ0) is 17.5. The zero-order valence-corrected chi connectivity index (χ0v) is 15.3. The molecule has 0 spiro atoms. The molecule has 128 valence electrons. The smallest absolute Gasteiger partial charge is 0.0236 e. The summed E-state index contributed by atoms with van der Waals surface area (Å²) in [6, 6.07) is 0. The van der Waals surface area contributed by atoms with Gasteiger partial charge in [0.15, 0.2) is 0 Å². The topological polar surface area (TPSA) is 15.3 Å². The lowest BCUT2D eigenvalue weighted by molar-refractivity contribution is 0.321. The van der Waals surface area contributed by atoms with Gasteiger partial charge >= 0.3 is 0 Å². The van der Waals surface area contributed by atoms with Crippen molar-refractivity contribution in [3.05, 3.63) is 83.8 Å². The van der Waals surface area contributed by atoms with Crippen LogP contribution in [0.3, 0.4) is 0 Å². The molecule has 2 aliphatic heterocycles. The fraction of sp³-hybridized carbons (Fsp3) is 0.364. The summed E-state index contributed by atoms with van der Waals surface area (Å²) in [5, 5.41) is 3.46. The Morgan fingerprint density at radius 1 is 1.42 bits per heavy atom. The summed E-state index contributed by atoms with van der Waals surface area (Å²) in [5.74, 6) is 0.446. The SMILES string of the molecule is C=C/C=C(\C=C)CN1CC=C(C2=CN/C(=C/C(C)=C\C)C2C)CC1. The molecule has 0 bridgehead atoms. The summed E-state index contributed by atoms with van der Waals surface area (Å²) in [7, 11) is 0. The van der Waals surface area contributed by atoms with Crippen molar-refractivity contribution in [1.82, 2.24) is 10.2 Å². The molecule has 1 unspecified atom stereocenters. The van der Waals surface area contributed by atoms with Crippen LogP contribution in [-0.2, 0) is 0 Å². The van der Waals surface area contributed by atoms with Gasteiger partial charge in [0.2, 0.25) is 0 Å². The van der Waals surface area contributed by atoms with E-state index in [2.05, 4.69) is 68.6 Å². The average Bonchev–Trinajstić information content (AvgIpc) is 2.95. The molecule has 0 fully saturated rings. The van der Waals surface area contributed by atoms with Gasteiger partial charge in [-0.05, 0) is 43.1 Å². The van der Waals surface area contributed by atoms with E-state index in [4.69, 9.17) is 0 Å². The standard InChI is InChI=1S/C22H30N2/c1-6-9-19(8-3)16-24-12-10-20(11-13-24)21-15-23-22(18(21)5)14-17(4)7-2/h6-10,14-15,18,23H,1,3,11-13,16H2,2,4-5H3/b17-7-,19-9+,22-14+. The Labute approximate surface area is 147 Å². The van der Waals surface area contributed by atoms with Crippen molar-refractivity contribution in [3.63, 3.8) is 0 Å². The molecular weight excluding hydrogens is 292 g/mol. The molecule has 0 aromatic rings. The van der Waals surface area contributed by atoms with Crippen molar-refractivity contribution in [2.45, 2.75) is 27.2 Å². The predicted octanol–water partition coefficient (Wildman–Crippen LogP) is 4.89. The van der Waals surface area contributed by atoms with E-state index >= 15 is 0 Å². The number of allylic oxidation sites excluding steroid dienone is 6. The van der Waals surface area contributed by atoms with Gasteiger partial charge in [-0.2, -0.15) is 0 Å². The Kier molecular flexibility index (Phi) is 6.62. The van der Waals surface area contributed by atoms with E-state index in [1.807, 2.05) is 18.2 Å². The van der Waals surface area contributed by atoms with Gasteiger partial charge in [-0.3, -0.25) is 4.90 Å². The Balaban J connectivity index is 2.01. The molecule has 0 saturated carbocycles. The summed E-state index contributed by atoms with van der Waals surface area (Å²) in [6.07, 6.45) is 15.9. The molecule has 24 heavy (non-hydrogen) atoms. The first-order valence-electron chi connectivity index (χ1n) is 8.76. The van der Waals surface area contributed by atoms with E-state index < -0.39 is 0 Å². The summed E-state index contributed by atoms with van der Waals surface area (Å²) in [6.45, 7) is 17.2. The fourth-order valence-electron chi connectivity index (χ4n) is 3.16. The van der Waals surface area contributed by atoms with E-state index in [0.29, 0.717) is 5.92 Å². The molecule has 1 atom stereocenters. The van der Waals surface area contributed by atoms with Crippen molar-refractivity contribution < 1.29 is 0 Å². The van der Waals surface area contributed by atoms with Gasteiger partial charge < -0.3 is 5.32 Å². The third-order valence-corrected chi connectivity index (χ3v) is 4.83. The van der Waals surface area contributed by atoms with Gasteiger partial charge in [0.1, 0.15) is 0 Å². The number of hydrogen-bond donors (Lipinski definition) is 1. The van der Waals surface area contributed by atoms with Crippen LogP contribution in [0.2, 0.25) is 0 Å². The van der Waals surface area contributed by atoms with E-state index in [-0.39, 0.29) is 0 Å². The van der Waals surface area contributed by atoms with E-state index in [9.17, 15) is 0 Å². The van der Waals surface area contributed by atoms with Crippen LogP contribution >= 0.6 is 0 Å². The van der Waals surface area contributed by atoms with Gasteiger partial charge in [-0.25, -0.2) is 0 Å². The Morgan fingerprint density at radius 3 is 2.79 bits per heavy atom. The van der Waals surface area contributed by atoms with Crippen molar-refractivity contribution >= 4 is 0 Å². The minimum Gasteiger partial charge on any atom is -0.364 e. The van der Waals surface area contributed by atoms with Crippen LogP contribution < -0.4 is 5.32 Å². The molecule has 1 N–H and O–H groups in total. The highest BCUT2D eigenvalue weighted by molar-refractivity contribution is 5.44. The molecule has 0 aromatic heterocycles. The normalized spacial score (nSPS) is 24.5. The number of nitrogens with one attached hydrogen (secondary N) is 1. The van der Waals surface area contributed by atoms with Crippen LogP contribution in [0.4, 0.5) is 0 Å². The molecule has 2 heteroatoms. The maximum atomic E-state index is 3.89. The zero-order valence-electron chi connectivity index (χ0n) is 15.3. The molecule has 0 amide bonds. The van der Waals surface area contributed by atoms with Gasteiger partial charge in [-0.1, -0.05) is 56.0 Å². The Bertz CT molecular complexity index is 641. The van der Waals surface area contributed by atoms with Gasteiger partial charge in [0.25, 0.3) is 0 Å². The molecular formula is C22H30N2. The summed E-state index contributed by atoms with van der Waals surface area (Å²) < 4.78 is 0. The highest BCUT2D eigenvalue weighted by Gasteiger charge is 2.24. The largest absolute Gasteiger partial charge is 0.364 e. The second-order valence-corrected chi connectivity index (χ2v) is 6.49. The molecule has 2 nitrogen and oxygen atoms in total. The molecule has 0 aromatic carbocycles. The van der Waals surface area contributed by atoms with Crippen LogP contribution in [0.15, 0.2) is 83.8 Å². The maximum Gasteiger partial charge on any atom is 0.0236 e. The van der Waals surface area contributed by atoms with Crippen LogP contribution in [0.5, 0.6) is 0 Å². The molecule has 0 aliphatic carbocycles. The number of nitrogens with zero attached hydrogens (tertiary/aromatic N) is 1. The lowest BCUT2D eigenvalue weighted by Crippen LogP contribution is -2.31. The maximum absolute atomic E-state index is 3.89. The fourth-order valence-corrected chi connectivity index (χ4v) is 3.16. The summed E-state index contributed by atoms with van der Waals surface area (Å²) in [5.41, 5.74) is 6.75. The molecule has 0 saturated heterocycles. The minimum absolute atomic E-state index is 0.446. The van der Waals surface area contributed by atoms with Crippen molar-refractivity contribution in [2.24, 2.45) is 5.92 Å². The van der Waals surface area contributed by atoms with Crippen LogP contribution in [-0.4, -0.2) is 24.5 Å². The lowest BCUT2D eigenvalue weighted by atomic mass is 9.90.